The maximum absolute atomic E-state index is 13.4. The maximum atomic E-state index is 13.4. The predicted octanol–water partition coefficient (Wildman–Crippen LogP) is 4.34. The fourth-order valence-electron chi connectivity index (χ4n) is 4.03. The SMILES string of the molecule is CCOC(=O)c1ccc(NC(=O)C[C@H]2C(=O)N(c3ccc(OC)cc3)C(=O)N2CCc2cccs2)cc1. The minimum Gasteiger partial charge on any atom is -0.497 e. The molecule has 0 spiro atoms. The Labute approximate surface area is 218 Å². The Morgan fingerprint density at radius 3 is 2.38 bits per heavy atom. The minimum absolute atomic E-state index is 0.207. The monoisotopic (exact) mass is 521 g/mol. The molecule has 0 radical (unpaired) electrons. The Hall–Kier alpha value is -4.18. The first-order valence-electron chi connectivity index (χ1n) is 11.8. The number of hydrogen-bond donors (Lipinski definition) is 1. The molecule has 1 aliphatic heterocycles. The van der Waals surface area contributed by atoms with Gasteiger partial charge in [-0.05, 0) is 73.3 Å². The van der Waals surface area contributed by atoms with Crippen molar-refractivity contribution in [2.45, 2.75) is 25.8 Å². The first-order valence-corrected chi connectivity index (χ1v) is 12.7. The van der Waals surface area contributed by atoms with Crippen LogP contribution >= 0.6 is 11.3 Å². The van der Waals surface area contributed by atoms with Crippen LogP contribution in [0.5, 0.6) is 5.75 Å². The number of imide groups is 1. The van der Waals surface area contributed by atoms with E-state index in [-0.39, 0.29) is 13.0 Å². The molecule has 4 rings (SSSR count). The molecule has 1 fully saturated rings. The Bertz CT molecular complexity index is 1260. The van der Waals surface area contributed by atoms with Gasteiger partial charge in [-0.1, -0.05) is 6.07 Å². The largest absolute Gasteiger partial charge is 0.497 e. The molecule has 2 heterocycles. The lowest BCUT2D eigenvalue weighted by Crippen LogP contribution is -2.39. The number of nitrogens with one attached hydrogen (secondary N) is 1. The smallest absolute Gasteiger partial charge is 0.338 e. The van der Waals surface area contributed by atoms with Crippen LogP contribution in [0.1, 0.15) is 28.6 Å². The van der Waals surface area contributed by atoms with Gasteiger partial charge in [-0.2, -0.15) is 0 Å². The van der Waals surface area contributed by atoms with Crippen LogP contribution in [0, 0.1) is 0 Å². The number of ether oxygens (including phenoxy) is 2. The predicted molar refractivity (Wildman–Crippen MR) is 140 cm³/mol. The number of anilines is 2. The normalized spacial score (nSPS) is 15.1. The molecule has 37 heavy (non-hydrogen) atoms. The number of thiophene rings is 1. The molecule has 1 atom stereocenters. The third-order valence-corrected chi connectivity index (χ3v) is 6.82. The molecule has 192 valence electrons. The number of rotatable bonds is 10. The molecule has 0 saturated carbocycles. The number of amides is 4. The maximum Gasteiger partial charge on any atom is 0.338 e. The van der Waals surface area contributed by atoms with Crippen LogP contribution < -0.4 is 15.0 Å². The average Bonchev–Trinajstić information content (AvgIpc) is 3.50. The summed E-state index contributed by atoms with van der Waals surface area (Å²) in [6.45, 7) is 2.28. The highest BCUT2D eigenvalue weighted by Gasteiger charge is 2.46. The van der Waals surface area contributed by atoms with E-state index in [4.69, 9.17) is 9.47 Å². The summed E-state index contributed by atoms with van der Waals surface area (Å²) >= 11 is 1.57. The fourth-order valence-corrected chi connectivity index (χ4v) is 4.73. The zero-order chi connectivity index (χ0) is 26.4. The van der Waals surface area contributed by atoms with E-state index in [0.29, 0.717) is 35.7 Å². The number of benzene rings is 2. The Balaban J connectivity index is 1.50. The summed E-state index contributed by atoms with van der Waals surface area (Å²) < 4.78 is 10.1. The summed E-state index contributed by atoms with van der Waals surface area (Å²) in [7, 11) is 1.53. The van der Waals surface area contributed by atoms with Crippen molar-refractivity contribution in [3.05, 3.63) is 76.5 Å². The van der Waals surface area contributed by atoms with Gasteiger partial charge in [0.2, 0.25) is 5.91 Å². The van der Waals surface area contributed by atoms with Gasteiger partial charge in [0, 0.05) is 17.1 Å². The highest BCUT2D eigenvalue weighted by molar-refractivity contribution is 7.09. The van der Waals surface area contributed by atoms with E-state index in [1.165, 1.54) is 12.0 Å². The van der Waals surface area contributed by atoms with Gasteiger partial charge >= 0.3 is 12.0 Å². The molecule has 1 aliphatic rings. The van der Waals surface area contributed by atoms with Crippen LogP contribution in [0.25, 0.3) is 0 Å². The first-order chi connectivity index (χ1) is 17.9. The summed E-state index contributed by atoms with van der Waals surface area (Å²) in [6.07, 6.45) is 0.363. The number of urea groups is 1. The van der Waals surface area contributed by atoms with E-state index in [2.05, 4.69) is 5.32 Å². The second-order valence-corrected chi connectivity index (χ2v) is 9.28. The molecule has 0 unspecified atom stereocenters. The number of carbonyl (C=O) groups excluding carboxylic acids is 4. The number of methoxy groups -OCH3 is 1. The quantitative estimate of drug-likeness (QED) is 0.314. The van der Waals surface area contributed by atoms with Crippen molar-refractivity contribution in [1.82, 2.24) is 4.90 Å². The average molecular weight is 522 g/mol. The highest BCUT2D eigenvalue weighted by Crippen LogP contribution is 2.29. The molecule has 3 aromatic rings. The van der Waals surface area contributed by atoms with Crippen molar-refractivity contribution in [2.24, 2.45) is 0 Å². The highest BCUT2D eigenvalue weighted by atomic mass is 32.1. The van der Waals surface area contributed by atoms with Crippen molar-refractivity contribution in [3.8, 4) is 5.75 Å². The van der Waals surface area contributed by atoms with E-state index in [1.807, 2.05) is 17.5 Å². The Morgan fingerprint density at radius 2 is 1.76 bits per heavy atom. The standard InChI is InChI=1S/C27H27N3O6S/c1-3-36-26(33)18-6-8-19(9-7-18)28-24(31)17-23-25(32)30(20-10-12-21(35-2)13-11-20)27(34)29(23)15-14-22-5-4-16-37-22/h4-13,16,23H,3,14-15,17H2,1-2H3,(H,28,31)/t23-/m0/s1. The van der Waals surface area contributed by atoms with Crippen molar-refractivity contribution >= 4 is 46.5 Å². The third-order valence-electron chi connectivity index (χ3n) is 5.89. The summed E-state index contributed by atoms with van der Waals surface area (Å²) in [5, 5.41) is 4.70. The van der Waals surface area contributed by atoms with Gasteiger partial charge in [0.15, 0.2) is 0 Å². The number of hydrogen-bond acceptors (Lipinski definition) is 7. The molecule has 9 nitrogen and oxygen atoms in total. The van der Waals surface area contributed by atoms with Crippen molar-refractivity contribution in [3.63, 3.8) is 0 Å². The summed E-state index contributed by atoms with van der Waals surface area (Å²) in [5.41, 5.74) is 1.24. The fraction of sp³-hybridized carbons (Fsp3) is 0.259. The molecule has 1 aromatic heterocycles. The molecule has 1 saturated heterocycles. The molecule has 4 amide bonds. The minimum atomic E-state index is -0.951. The molecule has 10 heteroatoms. The van der Waals surface area contributed by atoms with Gasteiger partial charge in [0.05, 0.1) is 31.4 Å². The first kappa shape index (κ1) is 25.9. The number of nitrogens with zero attached hydrogens (tertiary/aromatic N) is 2. The van der Waals surface area contributed by atoms with Crippen LogP contribution in [-0.4, -0.2) is 55.0 Å². The molecular formula is C27H27N3O6S. The van der Waals surface area contributed by atoms with Crippen LogP contribution in [-0.2, 0) is 20.7 Å². The van der Waals surface area contributed by atoms with Crippen molar-refractivity contribution < 1.29 is 28.7 Å². The second kappa shape index (κ2) is 11.7. The lowest BCUT2D eigenvalue weighted by atomic mass is 10.1. The lowest BCUT2D eigenvalue weighted by molar-refractivity contribution is -0.124. The molecule has 1 N–H and O–H groups in total. The third kappa shape index (κ3) is 5.97. The van der Waals surface area contributed by atoms with E-state index >= 15 is 0 Å². The van der Waals surface area contributed by atoms with E-state index in [1.54, 1.807) is 66.8 Å². The zero-order valence-corrected chi connectivity index (χ0v) is 21.3. The molecule has 2 aromatic carbocycles. The summed E-state index contributed by atoms with van der Waals surface area (Å²) in [5.74, 6) is -0.736. The van der Waals surface area contributed by atoms with Crippen LogP contribution in [0.4, 0.5) is 16.2 Å². The van der Waals surface area contributed by atoms with E-state index < -0.39 is 29.9 Å². The van der Waals surface area contributed by atoms with Gasteiger partial charge in [0.1, 0.15) is 11.8 Å². The van der Waals surface area contributed by atoms with E-state index in [0.717, 1.165) is 9.78 Å². The van der Waals surface area contributed by atoms with Crippen LogP contribution in [0.3, 0.4) is 0 Å². The summed E-state index contributed by atoms with van der Waals surface area (Å²) in [4.78, 5) is 55.2. The van der Waals surface area contributed by atoms with Crippen molar-refractivity contribution in [2.75, 3.05) is 30.5 Å². The van der Waals surface area contributed by atoms with Crippen molar-refractivity contribution in [1.29, 1.82) is 0 Å². The lowest BCUT2D eigenvalue weighted by Gasteiger charge is -2.21. The summed E-state index contributed by atoms with van der Waals surface area (Å²) in [6, 6.07) is 15.4. The Morgan fingerprint density at radius 1 is 1.03 bits per heavy atom. The van der Waals surface area contributed by atoms with Gasteiger partial charge in [-0.25, -0.2) is 14.5 Å². The van der Waals surface area contributed by atoms with Crippen LogP contribution in [0.2, 0.25) is 0 Å². The van der Waals surface area contributed by atoms with Gasteiger partial charge in [0.25, 0.3) is 5.91 Å². The molecule has 0 aliphatic carbocycles. The molecule has 0 bridgehead atoms. The topological polar surface area (TPSA) is 105 Å². The second-order valence-electron chi connectivity index (χ2n) is 8.24. The molecular weight excluding hydrogens is 494 g/mol. The van der Waals surface area contributed by atoms with E-state index in [9.17, 15) is 19.2 Å². The number of esters is 1. The van der Waals surface area contributed by atoms with Gasteiger partial charge < -0.3 is 19.7 Å². The number of carbonyl (C=O) groups is 4. The van der Waals surface area contributed by atoms with Gasteiger partial charge in [-0.15, -0.1) is 11.3 Å². The van der Waals surface area contributed by atoms with Gasteiger partial charge in [-0.3, -0.25) is 9.59 Å². The van der Waals surface area contributed by atoms with Crippen LogP contribution in [0.15, 0.2) is 66.0 Å². The Kier molecular flexibility index (Phi) is 8.19. The zero-order valence-electron chi connectivity index (χ0n) is 20.5.